The molecule has 0 spiro atoms. The number of H-pyrrole nitrogens is 1. The Bertz CT molecular complexity index is 1210. The number of nitrogens with one attached hydrogen (secondary N) is 2. The molecule has 0 atom stereocenters. The van der Waals surface area contributed by atoms with Crippen LogP contribution in [0.15, 0.2) is 59.5 Å². The molecule has 1 amide bonds. The molecular weight excluding hydrogens is 360 g/mol. The molecule has 4 rings (SSSR count). The number of para-hydroxylation sites is 3. The predicted molar refractivity (Wildman–Crippen MR) is 103 cm³/mol. The van der Waals surface area contributed by atoms with Crippen molar-refractivity contribution in [3.63, 3.8) is 0 Å². The maximum Gasteiger partial charge on any atom is 0.269 e. The van der Waals surface area contributed by atoms with Crippen LogP contribution in [0.3, 0.4) is 0 Å². The summed E-state index contributed by atoms with van der Waals surface area (Å²) >= 11 is 0. The SMILES string of the molecule is COc1ccccc1-c1nc(NC(=O)Cn2c(=O)cnc3ccccc32)n[nH]1. The fourth-order valence-corrected chi connectivity index (χ4v) is 2.86. The second-order valence-electron chi connectivity index (χ2n) is 5.93. The topological polar surface area (TPSA) is 115 Å². The van der Waals surface area contributed by atoms with Crippen molar-refractivity contribution in [2.45, 2.75) is 6.54 Å². The van der Waals surface area contributed by atoms with E-state index in [0.29, 0.717) is 28.2 Å². The second kappa shape index (κ2) is 7.31. The van der Waals surface area contributed by atoms with Crippen molar-refractivity contribution in [1.82, 2.24) is 24.7 Å². The van der Waals surface area contributed by atoms with Crippen LogP contribution in [0.5, 0.6) is 5.75 Å². The summed E-state index contributed by atoms with van der Waals surface area (Å²) in [4.78, 5) is 32.9. The minimum atomic E-state index is -0.427. The van der Waals surface area contributed by atoms with Crippen LogP contribution in [0.2, 0.25) is 0 Å². The second-order valence-corrected chi connectivity index (χ2v) is 5.93. The first-order chi connectivity index (χ1) is 13.7. The molecular formula is C19H16N6O3. The Morgan fingerprint density at radius 2 is 1.96 bits per heavy atom. The first kappa shape index (κ1) is 17.4. The van der Waals surface area contributed by atoms with Gasteiger partial charge in [0.2, 0.25) is 11.9 Å². The number of carbonyl (C=O) groups excluding carboxylic acids is 1. The van der Waals surface area contributed by atoms with Gasteiger partial charge in [0.25, 0.3) is 5.56 Å². The van der Waals surface area contributed by atoms with Gasteiger partial charge in [-0.15, -0.1) is 5.10 Å². The Balaban J connectivity index is 1.55. The number of benzene rings is 2. The van der Waals surface area contributed by atoms with Gasteiger partial charge >= 0.3 is 0 Å². The molecule has 140 valence electrons. The van der Waals surface area contributed by atoms with Crippen molar-refractivity contribution in [2.75, 3.05) is 12.4 Å². The lowest BCUT2D eigenvalue weighted by atomic mass is 10.2. The molecule has 2 aromatic heterocycles. The molecule has 0 radical (unpaired) electrons. The fourth-order valence-electron chi connectivity index (χ4n) is 2.86. The molecule has 0 aliphatic rings. The van der Waals surface area contributed by atoms with Crippen LogP contribution < -0.4 is 15.6 Å². The van der Waals surface area contributed by atoms with Gasteiger partial charge in [-0.1, -0.05) is 24.3 Å². The summed E-state index contributed by atoms with van der Waals surface area (Å²) in [6.45, 7) is -0.180. The van der Waals surface area contributed by atoms with E-state index >= 15 is 0 Å². The molecule has 0 aliphatic carbocycles. The predicted octanol–water partition coefficient (Wildman–Crippen LogP) is 1.83. The lowest BCUT2D eigenvalue weighted by Crippen LogP contribution is -2.28. The zero-order valence-electron chi connectivity index (χ0n) is 14.9. The van der Waals surface area contributed by atoms with E-state index < -0.39 is 5.91 Å². The number of nitrogens with zero attached hydrogens (tertiary/aromatic N) is 4. The van der Waals surface area contributed by atoms with E-state index in [9.17, 15) is 9.59 Å². The van der Waals surface area contributed by atoms with Gasteiger partial charge in [-0.3, -0.25) is 24.6 Å². The maximum atomic E-state index is 12.4. The lowest BCUT2D eigenvalue weighted by molar-refractivity contribution is -0.116. The van der Waals surface area contributed by atoms with Crippen molar-refractivity contribution in [3.8, 4) is 17.1 Å². The number of aromatic amines is 1. The Morgan fingerprint density at radius 1 is 1.18 bits per heavy atom. The molecule has 9 heteroatoms. The van der Waals surface area contributed by atoms with Crippen LogP contribution in [0, 0.1) is 0 Å². The van der Waals surface area contributed by atoms with E-state index in [2.05, 4.69) is 25.5 Å². The molecule has 2 aromatic carbocycles. The lowest BCUT2D eigenvalue weighted by Gasteiger charge is -2.08. The largest absolute Gasteiger partial charge is 0.496 e. The van der Waals surface area contributed by atoms with Gasteiger partial charge < -0.3 is 4.74 Å². The quantitative estimate of drug-likeness (QED) is 0.549. The highest BCUT2D eigenvalue weighted by Gasteiger charge is 2.14. The zero-order valence-corrected chi connectivity index (χ0v) is 14.9. The number of aromatic nitrogens is 5. The van der Waals surface area contributed by atoms with Crippen molar-refractivity contribution >= 4 is 22.9 Å². The van der Waals surface area contributed by atoms with Crippen LogP contribution in [-0.2, 0) is 11.3 Å². The monoisotopic (exact) mass is 376 g/mol. The smallest absolute Gasteiger partial charge is 0.269 e. The molecule has 28 heavy (non-hydrogen) atoms. The van der Waals surface area contributed by atoms with Gasteiger partial charge in [0, 0.05) is 0 Å². The minimum Gasteiger partial charge on any atom is -0.496 e. The molecule has 0 aliphatic heterocycles. The first-order valence-corrected chi connectivity index (χ1v) is 8.46. The Kier molecular flexibility index (Phi) is 4.55. The van der Waals surface area contributed by atoms with Crippen LogP contribution in [0.4, 0.5) is 5.95 Å². The molecule has 2 heterocycles. The molecule has 0 saturated heterocycles. The molecule has 9 nitrogen and oxygen atoms in total. The van der Waals surface area contributed by atoms with Gasteiger partial charge in [0.15, 0.2) is 5.82 Å². The van der Waals surface area contributed by atoms with Crippen molar-refractivity contribution in [1.29, 1.82) is 0 Å². The average molecular weight is 376 g/mol. The summed E-state index contributed by atoms with van der Waals surface area (Å²) in [5.74, 6) is 0.770. The Labute approximate surface area is 159 Å². The normalized spacial score (nSPS) is 10.8. The van der Waals surface area contributed by atoms with E-state index in [1.165, 1.54) is 10.8 Å². The van der Waals surface area contributed by atoms with E-state index in [4.69, 9.17) is 4.74 Å². The van der Waals surface area contributed by atoms with Gasteiger partial charge in [-0.2, -0.15) is 4.98 Å². The maximum absolute atomic E-state index is 12.4. The average Bonchev–Trinajstić information content (AvgIpc) is 3.18. The summed E-state index contributed by atoms with van der Waals surface area (Å²) in [6, 6.07) is 14.4. The standard InChI is InChI=1S/C19H16N6O3/c1-28-15-9-5-2-6-12(15)18-22-19(24-23-18)21-16(26)11-25-14-8-4-3-7-13(14)20-10-17(25)27/h2-10H,11H2,1H3,(H2,21,22,23,24,26). The number of hydrogen-bond donors (Lipinski definition) is 2. The Morgan fingerprint density at radius 3 is 2.82 bits per heavy atom. The number of fused-ring (bicyclic) bond motifs is 1. The van der Waals surface area contributed by atoms with Gasteiger partial charge in [-0.25, -0.2) is 4.98 Å². The Hall–Kier alpha value is -4.01. The highest BCUT2D eigenvalue weighted by Crippen LogP contribution is 2.27. The van der Waals surface area contributed by atoms with Crippen molar-refractivity contribution in [3.05, 3.63) is 65.1 Å². The number of methoxy groups -OCH3 is 1. The van der Waals surface area contributed by atoms with E-state index in [-0.39, 0.29) is 18.1 Å². The third-order valence-electron chi connectivity index (χ3n) is 4.15. The van der Waals surface area contributed by atoms with Crippen LogP contribution in [0.25, 0.3) is 22.4 Å². The van der Waals surface area contributed by atoms with Gasteiger partial charge in [0.05, 0.1) is 29.9 Å². The first-order valence-electron chi connectivity index (χ1n) is 8.46. The molecule has 2 N–H and O–H groups in total. The number of rotatable bonds is 5. The van der Waals surface area contributed by atoms with Crippen LogP contribution in [0.1, 0.15) is 0 Å². The van der Waals surface area contributed by atoms with Crippen LogP contribution in [-0.4, -0.2) is 37.7 Å². The van der Waals surface area contributed by atoms with Gasteiger partial charge in [-0.05, 0) is 24.3 Å². The van der Waals surface area contributed by atoms with E-state index in [1.807, 2.05) is 24.3 Å². The highest BCUT2D eigenvalue weighted by atomic mass is 16.5. The third-order valence-corrected chi connectivity index (χ3v) is 4.15. The molecule has 0 saturated carbocycles. The number of ether oxygens (including phenoxy) is 1. The van der Waals surface area contributed by atoms with Crippen LogP contribution >= 0.6 is 0 Å². The molecule has 4 aromatic rings. The highest BCUT2D eigenvalue weighted by molar-refractivity contribution is 5.90. The van der Waals surface area contributed by atoms with E-state index in [1.54, 1.807) is 31.4 Å². The number of carbonyl (C=O) groups is 1. The summed E-state index contributed by atoms with van der Waals surface area (Å²) in [5.41, 5.74) is 1.56. The third kappa shape index (κ3) is 3.32. The fraction of sp³-hybridized carbons (Fsp3) is 0.105. The summed E-state index contributed by atoms with van der Waals surface area (Å²) in [5, 5.41) is 9.38. The van der Waals surface area contributed by atoms with Crippen molar-refractivity contribution < 1.29 is 9.53 Å². The summed E-state index contributed by atoms with van der Waals surface area (Å²) in [7, 11) is 1.56. The van der Waals surface area contributed by atoms with E-state index in [0.717, 1.165) is 0 Å². The molecule has 0 bridgehead atoms. The number of amides is 1. The summed E-state index contributed by atoms with van der Waals surface area (Å²) < 4.78 is 6.66. The van der Waals surface area contributed by atoms with Crippen molar-refractivity contribution in [2.24, 2.45) is 0 Å². The summed E-state index contributed by atoms with van der Waals surface area (Å²) in [6.07, 6.45) is 1.20. The van der Waals surface area contributed by atoms with Gasteiger partial charge in [0.1, 0.15) is 12.3 Å². The zero-order chi connectivity index (χ0) is 19.5. The molecule has 0 fully saturated rings. The molecule has 0 unspecified atom stereocenters. The number of hydrogen-bond acceptors (Lipinski definition) is 6. The number of anilines is 1. The minimum absolute atomic E-state index is 0.109.